The molecule has 0 amide bonds. The summed E-state index contributed by atoms with van der Waals surface area (Å²) in [4.78, 5) is 0.0591. The lowest BCUT2D eigenvalue weighted by Crippen LogP contribution is -2.28. The number of aromatic hydroxyl groups is 1. The standard InChI is InChI=1S/C17H27NO3S.ClH/c1-17(2,3)14-10-13(9-12-5-7-18-8-6-12)16(19)15(11-14)22(4,20)21;/h10-12,18-19H,5-9H2,1-4H3;1H. The van der Waals surface area contributed by atoms with Gasteiger partial charge < -0.3 is 10.4 Å². The molecule has 0 aromatic heterocycles. The summed E-state index contributed by atoms with van der Waals surface area (Å²) in [5.41, 5.74) is 1.56. The highest BCUT2D eigenvalue weighted by Crippen LogP contribution is 2.35. The molecule has 132 valence electrons. The van der Waals surface area contributed by atoms with E-state index < -0.39 is 9.84 Å². The number of phenols is 1. The Labute approximate surface area is 146 Å². The lowest BCUT2D eigenvalue weighted by Gasteiger charge is -2.26. The Hall–Kier alpha value is -0.780. The number of piperidine rings is 1. The van der Waals surface area contributed by atoms with Crippen LogP contribution in [0.1, 0.15) is 44.7 Å². The molecule has 1 aromatic rings. The van der Waals surface area contributed by atoms with Crippen LogP contribution in [0.15, 0.2) is 17.0 Å². The van der Waals surface area contributed by atoms with Crippen LogP contribution in [0.3, 0.4) is 0 Å². The Morgan fingerprint density at radius 3 is 2.26 bits per heavy atom. The fourth-order valence-electron chi connectivity index (χ4n) is 2.93. The fraction of sp³-hybridized carbons (Fsp3) is 0.647. The van der Waals surface area contributed by atoms with Crippen molar-refractivity contribution in [2.75, 3.05) is 19.3 Å². The van der Waals surface area contributed by atoms with Crippen molar-refractivity contribution in [1.82, 2.24) is 5.32 Å². The van der Waals surface area contributed by atoms with Gasteiger partial charge in [0, 0.05) is 6.26 Å². The molecule has 1 aliphatic rings. The van der Waals surface area contributed by atoms with E-state index in [1.807, 2.05) is 6.07 Å². The van der Waals surface area contributed by atoms with E-state index in [0.29, 0.717) is 5.92 Å². The second-order valence-electron chi connectivity index (χ2n) is 7.40. The van der Waals surface area contributed by atoms with Crippen LogP contribution in [-0.2, 0) is 21.7 Å². The van der Waals surface area contributed by atoms with E-state index >= 15 is 0 Å². The first-order valence-electron chi connectivity index (χ1n) is 7.86. The molecule has 0 saturated carbocycles. The molecule has 1 heterocycles. The fourth-order valence-corrected chi connectivity index (χ4v) is 3.76. The van der Waals surface area contributed by atoms with Crippen LogP contribution in [0.4, 0.5) is 0 Å². The van der Waals surface area contributed by atoms with Gasteiger partial charge in [0.1, 0.15) is 10.6 Å². The number of halogens is 1. The molecule has 0 unspecified atom stereocenters. The maximum atomic E-state index is 12.0. The average molecular weight is 362 g/mol. The van der Waals surface area contributed by atoms with Gasteiger partial charge in [0.15, 0.2) is 9.84 Å². The van der Waals surface area contributed by atoms with E-state index in [9.17, 15) is 13.5 Å². The maximum Gasteiger partial charge on any atom is 0.179 e. The van der Waals surface area contributed by atoms with E-state index in [1.165, 1.54) is 0 Å². The first kappa shape index (κ1) is 20.3. The van der Waals surface area contributed by atoms with Crippen molar-refractivity contribution in [3.05, 3.63) is 23.3 Å². The van der Waals surface area contributed by atoms with Crippen molar-refractivity contribution < 1.29 is 13.5 Å². The molecule has 1 saturated heterocycles. The molecule has 2 rings (SSSR count). The highest BCUT2D eigenvalue weighted by atomic mass is 35.5. The minimum absolute atomic E-state index is 0. The predicted octanol–water partition coefficient (Wildman–Crippen LogP) is 3.06. The molecule has 0 spiro atoms. The van der Waals surface area contributed by atoms with Crippen LogP contribution < -0.4 is 5.32 Å². The van der Waals surface area contributed by atoms with Crippen LogP contribution in [0, 0.1) is 5.92 Å². The minimum atomic E-state index is -3.44. The van der Waals surface area contributed by atoms with Gasteiger partial charge in [-0.1, -0.05) is 26.8 Å². The normalized spacial score (nSPS) is 16.9. The summed E-state index contributed by atoms with van der Waals surface area (Å²) in [6, 6.07) is 3.60. The zero-order valence-corrected chi connectivity index (χ0v) is 16.0. The summed E-state index contributed by atoms with van der Waals surface area (Å²) in [6.07, 6.45) is 4.02. The summed E-state index contributed by atoms with van der Waals surface area (Å²) >= 11 is 0. The third-order valence-corrected chi connectivity index (χ3v) is 5.50. The Morgan fingerprint density at radius 1 is 1.22 bits per heavy atom. The molecule has 4 nitrogen and oxygen atoms in total. The molecule has 1 fully saturated rings. The monoisotopic (exact) mass is 361 g/mol. The molecule has 6 heteroatoms. The molecule has 23 heavy (non-hydrogen) atoms. The van der Waals surface area contributed by atoms with Gasteiger partial charge in [-0.15, -0.1) is 12.4 Å². The van der Waals surface area contributed by atoms with E-state index in [0.717, 1.165) is 49.7 Å². The minimum Gasteiger partial charge on any atom is -0.506 e. The number of rotatable bonds is 3. The molecular formula is C17H28ClNO3S. The van der Waals surface area contributed by atoms with Crippen LogP contribution in [0.5, 0.6) is 5.75 Å². The average Bonchev–Trinajstić information content (AvgIpc) is 2.39. The molecule has 0 radical (unpaired) electrons. The van der Waals surface area contributed by atoms with Crippen molar-refractivity contribution in [2.24, 2.45) is 5.92 Å². The Morgan fingerprint density at radius 2 is 1.78 bits per heavy atom. The van der Waals surface area contributed by atoms with Crippen molar-refractivity contribution in [1.29, 1.82) is 0 Å². The van der Waals surface area contributed by atoms with Gasteiger partial charge in [-0.3, -0.25) is 0 Å². The number of benzene rings is 1. The predicted molar refractivity (Wildman–Crippen MR) is 96.5 cm³/mol. The van der Waals surface area contributed by atoms with Gasteiger partial charge in [0.2, 0.25) is 0 Å². The summed E-state index contributed by atoms with van der Waals surface area (Å²) in [7, 11) is -3.44. The third kappa shape index (κ3) is 5.10. The maximum absolute atomic E-state index is 12.0. The van der Waals surface area contributed by atoms with Crippen LogP contribution in [-0.4, -0.2) is 32.9 Å². The molecule has 1 aliphatic heterocycles. The summed E-state index contributed by atoms with van der Waals surface area (Å²) in [5, 5.41) is 13.8. The second kappa shape index (κ2) is 7.41. The first-order valence-corrected chi connectivity index (χ1v) is 9.75. The highest BCUT2D eigenvalue weighted by Gasteiger charge is 2.24. The molecule has 0 atom stereocenters. The SMILES string of the molecule is CC(C)(C)c1cc(CC2CCNCC2)c(O)c(S(C)(=O)=O)c1.Cl. The van der Waals surface area contributed by atoms with Crippen molar-refractivity contribution >= 4 is 22.2 Å². The van der Waals surface area contributed by atoms with Gasteiger partial charge in [0.05, 0.1) is 0 Å². The summed E-state index contributed by atoms with van der Waals surface area (Å²) in [5.74, 6) is 0.434. The van der Waals surface area contributed by atoms with Crippen molar-refractivity contribution in [3.63, 3.8) is 0 Å². The van der Waals surface area contributed by atoms with Gasteiger partial charge in [-0.25, -0.2) is 8.42 Å². The van der Waals surface area contributed by atoms with E-state index in [4.69, 9.17) is 0 Å². The van der Waals surface area contributed by atoms with Crippen LogP contribution in [0.2, 0.25) is 0 Å². The zero-order chi connectivity index (χ0) is 16.5. The number of sulfone groups is 1. The Bertz CT molecular complexity index is 645. The molecule has 2 N–H and O–H groups in total. The molecule has 1 aromatic carbocycles. The van der Waals surface area contributed by atoms with Crippen LogP contribution in [0.25, 0.3) is 0 Å². The van der Waals surface area contributed by atoms with E-state index in [1.54, 1.807) is 6.07 Å². The quantitative estimate of drug-likeness (QED) is 0.868. The Balaban J connectivity index is 0.00000264. The van der Waals surface area contributed by atoms with Gasteiger partial charge >= 0.3 is 0 Å². The number of phenolic OH excluding ortho intramolecular Hbond substituents is 1. The third-order valence-electron chi connectivity index (χ3n) is 4.39. The number of hydrogen-bond donors (Lipinski definition) is 2. The zero-order valence-electron chi connectivity index (χ0n) is 14.3. The smallest absolute Gasteiger partial charge is 0.179 e. The lowest BCUT2D eigenvalue weighted by molar-refractivity contribution is 0.364. The number of nitrogens with one attached hydrogen (secondary N) is 1. The summed E-state index contributed by atoms with van der Waals surface area (Å²) < 4.78 is 24.0. The van der Waals surface area contributed by atoms with Crippen LogP contribution >= 0.6 is 12.4 Å². The van der Waals surface area contributed by atoms with Gasteiger partial charge in [-0.05, 0) is 60.9 Å². The molecule has 0 bridgehead atoms. The van der Waals surface area contributed by atoms with Crippen molar-refractivity contribution in [2.45, 2.75) is 50.3 Å². The molecular weight excluding hydrogens is 334 g/mol. The second-order valence-corrected chi connectivity index (χ2v) is 9.39. The van der Waals surface area contributed by atoms with E-state index in [2.05, 4.69) is 26.1 Å². The van der Waals surface area contributed by atoms with Crippen molar-refractivity contribution in [3.8, 4) is 5.75 Å². The molecule has 0 aliphatic carbocycles. The Kier molecular flexibility index (Phi) is 6.53. The topological polar surface area (TPSA) is 66.4 Å². The first-order chi connectivity index (χ1) is 10.1. The summed E-state index contributed by atoms with van der Waals surface area (Å²) in [6.45, 7) is 8.14. The number of hydrogen-bond acceptors (Lipinski definition) is 4. The van der Waals surface area contributed by atoms with Gasteiger partial charge in [0.25, 0.3) is 0 Å². The highest BCUT2D eigenvalue weighted by molar-refractivity contribution is 7.90. The largest absolute Gasteiger partial charge is 0.506 e. The van der Waals surface area contributed by atoms with Gasteiger partial charge in [-0.2, -0.15) is 0 Å². The van der Waals surface area contributed by atoms with E-state index in [-0.39, 0.29) is 28.5 Å². The lowest BCUT2D eigenvalue weighted by atomic mass is 9.83.